The Labute approximate surface area is 229 Å². The summed E-state index contributed by atoms with van der Waals surface area (Å²) in [6.07, 6.45) is 2.57. The first-order valence-electron chi connectivity index (χ1n) is 12.2. The number of carbonyl (C=O) groups is 2. The summed E-state index contributed by atoms with van der Waals surface area (Å²) in [6.45, 7) is 2.35. The maximum Gasteiger partial charge on any atom is 0.348 e. The molecule has 0 saturated heterocycles. The van der Waals surface area contributed by atoms with Crippen molar-refractivity contribution in [2.45, 2.75) is 6.92 Å². The van der Waals surface area contributed by atoms with Gasteiger partial charge < -0.3 is 13.9 Å². The van der Waals surface area contributed by atoms with E-state index in [1.54, 1.807) is 24.3 Å². The summed E-state index contributed by atoms with van der Waals surface area (Å²) in [6, 6.07) is 25.0. The minimum Gasteiger partial charge on any atom is -0.494 e. The van der Waals surface area contributed by atoms with Crippen molar-refractivity contribution < 1.29 is 27.9 Å². The smallest absolute Gasteiger partial charge is 0.348 e. The van der Waals surface area contributed by atoms with Gasteiger partial charge in [-0.15, -0.1) is 0 Å². The van der Waals surface area contributed by atoms with Crippen molar-refractivity contribution in [1.82, 2.24) is 0 Å². The molecule has 194 valence electrons. The van der Waals surface area contributed by atoms with Crippen LogP contribution in [0.2, 0.25) is 5.02 Å². The number of halogens is 2. The molecule has 0 aliphatic carbocycles. The van der Waals surface area contributed by atoms with Crippen LogP contribution in [-0.4, -0.2) is 18.4 Å². The van der Waals surface area contributed by atoms with E-state index in [-0.39, 0.29) is 27.7 Å². The highest BCUT2D eigenvalue weighted by atomic mass is 35.5. The summed E-state index contributed by atoms with van der Waals surface area (Å²) in [5.74, 6) is -0.270. The molecule has 5 nitrogen and oxygen atoms in total. The van der Waals surface area contributed by atoms with Crippen molar-refractivity contribution in [1.29, 1.82) is 0 Å². The fourth-order valence-electron chi connectivity index (χ4n) is 4.10. The first-order chi connectivity index (χ1) is 18.9. The van der Waals surface area contributed by atoms with E-state index in [0.29, 0.717) is 34.6 Å². The third-order valence-corrected chi connectivity index (χ3v) is 6.29. The first-order valence-corrected chi connectivity index (χ1v) is 12.6. The number of furan rings is 1. The summed E-state index contributed by atoms with van der Waals surface area (Å²) in [4.78, 5) is 26.1. The Bertz CT molecular complexity index is 1670. The molecule has 0 atom stereocenters. The number of benzene rings is 4. The molecule has 0 spiro atoms. The van der Waals surface area contributed by atoms with Crippen molar-refractivity contribution >= 4 is 40.4 Å². The maximum absolute atomic E-state index is 14.0. The van der Waals surface area contributed by atoms with E-state index in [1.807, 2.05) is 37.3 Å². The molecule has 0 amide bonds. The van der Waals surface area contributed by atoms with Gasteiger partial charge in [-0.2, -0.15) is 0 Å². The molecule has 0 N–H and O–H groups in total. The summed E-state index contributed by atoms with van der Waals surface area (Å²) in [5.41, 5.74) is 1.97. The molecule has 0 unspecified atom stereocenters. The Morgan fingerprint density at radius 1 is 0.923 bits per heavy atom. The number of ether oxygens (including phenoxy) is 2. The van der Waals surface area contributed by atoms with E-state index < -0.39 is 11.8 Å². The second-order valence-electron chi connectivity index (χ2n) is 8.51. The fraction of sp³-hybridized carbons (Fsp3) is 0.0625. The summed E-state index contributed by atoms with van der Waals surface area (Å²) >= 11 is 6.02. The Balaban J connectivity index is 1.41. The predicted octanol–water partition coefficient (Wildman–Crippen LogP) is 8.41. The molecule has 0 fully saturated rings. The minimum atomic E-state index is -0.616. The topological polar surface area (TPSA) is 65.7 Å². The number of esters is 1. The third kappa shape index (κ3) is 5.61. The number of fused-ring (bicyclic) bond motifs is 1. The lowest BCUT2D eigenvalue weighted by molar-refractivity contribution is 0.0737. The average Bonchev–Trinajstić information content (AvgIpc) is 3.33. The van der Waals surface area contributed by atoms with Crippen molar-refractivity contribution in [2.75, 3.05) is 6.61 Å². The van der Waals surface area contributed by atoms with Gasteiger partial charge in [-0.1, -0.05) is 48.0 Å². The molecule has 5 aromatic rings. The van der Waals surface area contributed by atoms with Gasteiger partial charge in [-0.05, 0) is 73.7 Å². The quantitative estimate of drug-likeness (QED) is 0.0855. The Morgan fingerprint density at radius 3 is 2.38 bits per heavy atom. The Hall–Kier alpha value is -4.68. The van der Waals surface area contributed by atoms with Crippen LogP contribution in [-0.2, 0) is 0 Å². The van der Waals surface area contributed by atoms with Gasteiger partial charge in [0.2, 0.25) is 0 Å². The second-order valence-corrected chi connectivity index (χ2v) is 8.92. The first kappa shape index (κ1) is 25.9. The number of allylic oxidation sites excluding steroid dienone is 1. The lowest BCUT2D eigenvalue weighted by Gasteiger charge is -2.07. The number of carbonyl (C=O) groups excluding carboxylic acids is 2. The predicted molar refractivity (Wildman–Crippen MR) is 149 cm³/mol. The van der Waals surface area contributed by atoms with E-state index in [4.69, 9.17) is 25.5 Å². The normalized spacial score (nSPS) is 11.2. The van der Waals surface area contributed by atoms with Crippen LogP contribution in [0.15, 0.2) is 101 Å². The molecule has 39 heavy (non-hydrogen) atoms. The lowest BCUT2D eigenvalue weighted by Crippen LogP contribution is -2.09. The molecular weight excluding hydrogens is 519 g/mol. The average molecular weight is 541 g/mol. The van der Waals surface area contributed by atoms with E-state index in [9.17, 15) is 14.0 Å². The van der Waals surface area contributed by atoms with E-state index in [0.717, 1.165) is 5.56 Å². The SMILES string of the molecule is CCOc1ccc2oc(-c3ccccc3)c(C(=O)Oc3ccc(C(=O)/C=C/c4c(F)cccc4Cl)cc3)c2c1. The monoisotopic (exact) mass is 540 g/mol. The number of rotatable bonds is 8. The molecule has 7 heteroatoms. The molecule has 1 heterocycles. The highest BCUT2D eigenvalue weighted by molar-refractivity contribution is 6.32. The molecular formula is C32H22ClFO5. The minimum absolute atomic E-state index is 0.132. The number of hydrogen-bond donors (Lipinski definition) is 0. The van der Waals surface area contributed by atoms with Crippen molar-refractivity contribution in [3.63, 3.8) is 0 Å². The molecule has 0 bridgehead atoms. The van der Waals surface area contributed by atoms with Crippen molar-refractivity contribution in [3.8, 4) is 22.8 Å². The zero-order chi connectivity index (χ0) is 27.4. The van der Waals surface area contributed by atoms with Gasteiger partial charge in [0, 0.05) is 22.1 Å². The molecule has 0 aliphatic rings. The molecule has 4 aromatic carbocycles. The third-order valence-electron chi connectivity index (χ3n) is 5.96. The van der Waals surface area contributed by atoms with Gasteiger partial charge >= 0.3 is 5.97 Å². The van der Waals surface area contributed by atoms with Gasteiger partial charge in [0.1, 0.15) is 34.2 Å². The Kier molecular flexibility index (Phi) is 7.57. The molecule has 0 aliphatic heterocycles. The van der Waals surface area contributed by atoms with Crippen LogP contribution in [0.1, 0.15) is 33.2 Å². The molecule has 5 rings (SSSR count). The van der Waals surface area contributed by atoms with Crippen LogP contribution < -0.4 is 9.47 Å². The summed E-state index contributed by atoms with van der Waals surface area (Å²) < 4.78 is 31.4. The fourth-order valence-corrected chi connectivity index (χ4v) is 4.33. The van der Waals surface area contributed by atoms with Gasteiger partial charge in [-0.25, -0.2) is 9.18 Å². The lowest BCUT2D eigenvalue weighted by atomic mass is 10.1. The van der Waals surface area contributed by atoms with Gasteiger partial charge in [0.15, 0.2) is 5.78 Å². The standard InChI is InChI=1S/C32H22ClFO5/c1-2-37-23-15-18-29-25(19-23)30(31(39-29)21-7-4-3-5-8-21)32(36)38-22-13-11-20(12-14-22)28(35)17-16-24-26(33)9-6-10-27(24)34/h3-19H,2H2,1H3/b17-16+. The van der Waals surface area contributed by atoms with E-state index >= 15 is 0 Å². The molecule has 0 saturated carbocycles. The van der Waals surface area contributed by atoms with Crippen LogP contribution in [0.4, 0.5) is 4.39 Å². The van der Waals surface area contributed by atoms with Crippen molar-refractivity contribution in [2.24, 2.45) is 0 Å². The number of hydrogen-bond acceptors (Lipinski definition) is 5. The Morgan fingerprint density at radius 2 is 1.67 bits per heavy atom. The van der Waals surface area contributed by atoms with Crippen LogP contribution >= 0.6 is 11.6 Å². The highest BCUT2D eigenvalue weighted by Crippen LogP contribution is 2.36. The number of ketones is 1. The van der Waals surface area contributed by atoms with Crippen LogP contribution in [0, 0.1) is 5.82 Å². The largest absolute Gasteiger partial charge is 0.494 e. The van der Waals surface area contributed by atoms with Crippen molar-refractivity contribution in [3.05, 3.63) is 125 Å². The summed E-state index contributed by atoms with van der Waals surface area (Å²) in [5, 5.41) is 0.768. The van der Waals surface area contributed by atoms with Crippen LogP contribution in [0.3, 0.4) is 0 Å². The van der Waals surface area contributed by atoms with Gasteiger partial charge in [0.25, 0.3) is 0 Å². The highest BCUT2D eigenvalue weighted by Gasteiger charge is 2.24. The zero-order valence-corrected chi connectivity index (χ0v) is 21.6. The second kappa shape index (κ2) is 11.4. The van der Waals surface area contributed by atoms with Crippen LogP contribution in [0.25, 0.3) is 28.4 Å². The molecule has 1 aromatic heterocycles. The van der Waals surface area contributed by atoms with Crippen LogP contribution in [0.5, 0.6) is 11.5 Å². The van der Waals surface area contributed by atoms with E-state index in [1.165, 1.54) is 48.6 Å². The summed E-state index contributed by atoms with van der Waals surface area (Å²) in [7, 11) is 0. The maximum atomic E-state index is 14.0. The molecule has 0 radical (unpaired) electrons. The van der Waals surface area contributed by atoms with Gasteiger partial charge in [0.05, 0.1) is 11.6 Å². The van der Waals surface area contributed by atoms with Gasteiger partial charge in [-0.3, -0.25) is 4.79 Å². The van der Waals surface area contributed by atoms with E-state index in [2.05, 4.69) is 0 Å². The zero-order valence-electron chi connectivity index (χ0n) is 20.8.